The first-order valence-corrected chi connectivity index (χ1v) is 8.17. The van der Waals surface area contributed by atoms with Crippen molar-refractivity contribution in [2.45, 2.75) is 32.2 Å². The zero-order valence-electron chi connectivity index (χ0n) is 13.4. The van der Waals surface area contributed by atoms with Crippen LogP contribution in [0.2, 0.25) is 0 Å². The number of rotatable bonds is 5. The molecule has 124 valence electrons. The van der Waals surface area contributed by atoms with Crippen molar-refractivity contribution in [2.75, 3.05) is 13.7 Å². The fraction of sp³-hybridized carbons (Fsp3) is 0.500. The Bertz CT molecular complexity index is 648. The molecule has 0 radical (unpaired) electrons. The minimum Gasteiger partial charge on any atom is -0.494 e. The molecule has 1 heterocycles. The van der Waals surface area contributed by atoms with Crippen molar-refractivity contribution >= 4 is 0 Å². The van der Waals surface area contributed by atoms with E-state index in [0.717, 1.165) is 43.6 Å². The van der Waals surface area contributed by atoms with Gasteiger partial charge in [-0.2, -0.15) is 0 Å². The lowest BCUT2D eigenvalue weighted by atomic mass is 9.82. The molecule has 0 aliphatic heterocycles. The zero-order chi connectivity index (χ0) is 16.2. The number of hydrogen-bond donors (Lipinski definition) is 1. The van der Waals surface area contributed by atoms with Gasteiger partial charge < -0.3 is 14.4 Å². The summed E-state index contributed by atoms with van der Waals surface area (Å²) in [6, 6.07) is 4.84. The predicted octanol–water partition coefficient (Wildman–Crippen LogP) is 3.50. The van der Waals surface area contributed by atoms with Crippen LogP contribution in [0.5, 0.6) is 5.75 Å². The van der Waals surface area contributed by atoms with Crippen LogP contribution in [-0.2, 0) is 6.54 Å². The van der Waals surface area contributed by atoms with Crippen LogP contribution in [0.1, 0.15) is 25.7 Å². The summed E-state index contributed by atoms with van der Waals surface area (Å²) in [6.07, 6.45) is 8.21. The molecule has 1 aromatic heterocycles. The zero-order valence-corrected chi connectivity index (χ0v) is 13.4. The molecule has 0 atom stereocenters. The van der Waals surface area contributed by atoms with Gasteiger partial charge in [0.2, 0.25) is 0 Å². The smallest absolute Gasteiger partial charge is 0.165 e. The highest BCUT2D eigenvalue weighted by Gasteiger charge is 2.22. The van der Waals surface area contributed by atoms with Crippen molar-refractivity contribution in [1.29, 1.82) is 0 Å². The van der Waals surface area contributed by atoms with Crippen LogP contribution in [0.25, 0.3) is 11.4 Å². The molecule has 0 bridgehead atoms. The van der Waals surface area contributed by atoms with Crippen LogP contribution in [0, 0.1) is 17.7 Å². The van der Waals surface area contributed by atoms with Crippen molar-refractivity contribution in [3.63, 3.8) is 0 Å². The Morgan fingerprint density at radius 1 is 1.26 bits per heavy atom. The van der Waals surface area contributed by atoms with Crippen LogP contribution >= 0.6 is 0 Å². The number of nitrogens with zero attached hydrogens (tertiary/aromatic N) is 2. The summed E-state index contributed by atoms with van der Waals surface area (Å²) in [6.45, 7) is 1.21. The van der Waals surface area contributed by atoms with Crippen molar-refractivity contribution < 1.29 is 14.2 Å². The molecule has 1 aromatic carbocycles. The maximum atomic E-state index is 13.6. The van der Waals surface area contributed by atoms with E-state index in [-0.39, 0.29) is 11.6 Å². The van der Waals surface area contributed by atoms with E-state index >= 15 is 0 Å². The molecule has 0 spiro atoms. The highest BCUT2D eigenvalue weighted by Crippen LogP contribution is 2.31. The first kappa shape index (κ1) is 16.0. The monoisotopic (exact) mass is 318 g/mol. The molecule has 2 aromatic rings. The van der Waals surface area contributed by atoms with E-state index in [9.17, 15) is 9.50 Å². The molecule has 1 aliphatic carbocycles. The number of hydrogen-bond acceptors (Lipinski definition) is 3. The van der Waals surface area contributed by atoms with Crippen molar-refractivity contribution in [2.24, 2.45) is 11.8 Å². The molecule has 3 rings (SSSR count). The van der Waals surface area contributed by atoms with Crippen LogP contribution in [0.15, 0.2) is 30.6 Å². The number of halogens is 1. The maximum absolute atomic E-state index is 13.6. The summed E-state index contributed by atoms with van der Waals surface area (Å²) < 4.78 is 20.8. The molecular formula is C18H23FN2O2. The fourth-order valence-corrected chi connectivity index (χ4v) is 3.39. The quantitative estimate of drug-likeness (QED) is 0.918. The van der Waals surface area contributed by atoms with Gasteiger partial charge in [-0.1, -0.05) is 0 Å². The minimum atomic E-state index is -0.364. The van der Waals surface area contributed by atoms with Gasteiger partial charge >= 0.3 is 0 Å². The van der Waals surface area contributed by atoms with Crippen LogP contribution < -0.4 is 4.74 Å². The highest BCUT2D eigenvalue weighted by atomic mass is 19.1. The lowest BCUT2D eigenvalue weighted by molar-refractivity contribution is 0.161. The van der Waals surface area contributed by atoms with Gasteiger partial charge in [0.1, 0.15) is 5.82 Å². The SMILES string of the molecule is COc1cc(-c2nccn2CC2CCC(CO)CC2)ccc1F. The second kappa shape index (κ2) is 7.13. The molecule has 1 aliphatic rings. The average Bonchev–Trinajstić information content (AvgIpc) is 3.04. The summed E-state index contributed by atoms with van der Waals surface area (Å²) in [7, 11) is 1.47. The molecule has 0 amide bonds. The second-order valence-corrected chi connectivity index (χ2v) is 6.32. The number of imidazole rings is 1. The van der Waals surface area contributed by atoms with Gasteiger partial charge in [-0.25, -0.2) is 9.37 Å². The summed E-state index contributed by atoms with van der Waals surface area (Å²) >= 11 is 0. The number of ether oxygens (including phenoxy) is 1. The number of methoxy groups -OCH3 is 1. The second-order valence-electron chi connectivity index (χ2n) is 6.32. The molecule has 1 saturated carbocycles. The third-order valence-corrected chi connectivity index (χ3v) is 4.80. The molecule has 0 unspecified atom stereocenters. The summed E-state index contributed by atoms with van der Waals surface area (Å²) in [5.74, 6) is 1.78. The van der Waals surface area contributed by atoms with Gasteiger partial charge in [-0.15, -0.1) is 0 Å². The molecular weight excluding hydrogens is 295 g/mol. The summed E-state index contributed by atoms with van der Waals surface area (Å²) in [5.41, 5.74) is 0.859. The largest absolute Gasteiger partial charge is 0.494 e. The fourth-order valence-electron chi connectivity index (χ4n) is 3.39. The minimum absolute atomic E-state index is 0.237. The van der Waals surface area contributed by atoms with Crippen LogP contribution in [0.4, 0.5) is 4.39 Å². The van der Waals surface area contributed by atoms with Crippen LogP contribution in [0.3, 0.4) is 0 Å². The Morgan fingerprint density at radius 3 is 2.70 bits per heavy atom. The van der Waals surface area contributed by atoms with Gasteiger partial charge in [0.05, 0.1) is 7.11 Å². The first-order chi connectivity index (χ1) is 11.2. The lowest BCUT2D eigenvalue weighted by Crippen LogP contribution is -2.21. The summed E-state index contributed by atoms with van der Waals surface area (Å²) in [4.78, 5) is 4.43. The maximum Gasteiger partial charge on any atom is 0.165 e. The van der Waals surface area contributed by atoms with Crippen molar-refractivity contribution in [1.82, 2.24) is 9.55 Å². The predicted molar refractivity (Wildman–Crippen MR) is 86.7 cm³/mol. The van der Waals surface area contributed by atoms with E-state index in [1.165, 1.54) is 13.2 Å². The summed E-state index contributed by atoms with van der Waals surface area (Å²) in [5, 5.41) is 9.24. The lowest BCUT2D eigenvalue weighted by Gasteiger charge is -2.27. The number of aromatic nitrogens is 2. The molecule has 1 fully saturated rings. The third-order valence-electron chi connectivity index (χ3n) is 4.80. The van der Waals surface area contributed by atoms with Gasteiger partial charge in [-0.05, 0) is 55.7 Å². The molecule has 1 N–H and O–H groups in total. The molecule has 5 heteroatoms. The van der Waals surface area contributed by atoms with E-state index in [0.29, 0.717) is 18.4 Å². The number of aliphatic hydroxyl groups excluding tert-OH is 1. The molecule has 23 heavy (non-hydrogen) atoms. The van der Waals surface area contributed by atoms with E-state index < -0.39 is 0 Å². The van der Waals surface area contributed by atoms with Crippen LogP contribution in [-0.4, -0.2) is 28.4 Å². The Hall–Kier alpha value is -1.88. The van der Waals surface area contributed by atoms with Gasteiger partial charge in [0.25, 0.3) is 0 Å². The first-order valence-electron chi connectivity index (χ1n) is 8.17. The average molecular weight is 318 g/mol. The topological polar surface area (TPSA) is 47.3 Å². The van der Waals surface area contributed by atoms with Gasteiger partial charge in [0, 0.05) is 31.1 Å². The Balaban J connectivity index is 1.75. The molecule has 0 saturated heterocycles. The molecule has 4 nitrogen and oxygen atoms in total. The van der Waals surface area contributed by atoms with Crippen molar-refractivity contribution in [3.05, 3.63) is 36.4 Å². The van der Waals surface area contributed by atoms with Gasteiger partial charge in [0.15, 0.2) is 11.6 Å². The highest BCUT2D eigenvalue weighted by molar-refractivity contribution is 5.58. The standard InChI is InChI=1S/C18H23FN2O2/c1-23-17-10-15(6-7-16(17)19)18-20-8-9-21(18)11-13-2-4-14(12-22)5-3-13/h6-10,13-14,22H,2-5,11-12H2,1H3. The number of aliphatic hydroxyl groups is 1. The third kappa shape index (κ3) is 3.55. The normalized spacial score (nSPS) is 21.3. The van der Waals surface area contributed by atoms with Gasteiger partial charge in [-0.3, -0.25) is 0 Å². The van der Waals surface area contributed by atoms with E-state index in [1.807, 2.05) is 6.20 Å². The Kier molecular flexibility index (Phi) is 4.96. The van der Waals surface area contributed by atoms with E-state index in [4.69, 9.17) is 4.74 Å². The van der Waals surface area contributed by atoms with E-state index in [1.54, 1.807) is 18.3 Å². The van der Waals surface area contributed by atoms with Crippen molar-refractivity contribution in [3.8, 4) is 17.1 Å². The Morgan fingerprint density at radius 2 is 2.00 bits per heavy atom. The Labute approximate surface area is 135 Å². The number of benzene rings is 1. The van der Waals surface area contributed by atoms with E-state index in [2.05, 4.69) is 9.55 Å².